The average Bonchev–Trinajstić information content (AvgIpc) is 3.03. The number of carbonyl (C=O) groups excluding carboxylic acids is 3. The van der Waals surface area contributed by atoms with Gasteiger partial charge in [0.2, 0.25) is 11.7 Å². The van der Waals surface area contributed by atoms with Crippen LogP contribution in [0.15, 0.2) is 30.3 Å². The number of hydrogen-bond donors (Lipinski definition) is 0. The highest BCUT2D eigenvalue weighted by Gasteiger charge is 2.25. The van der Waals surface area contributed by atoms with Crippen LogP contribution >= 0.6 is 0 Å². The van der Waals surface area contributed by atoms with Crippen molar-refractivity contribution in [3.8, 4) is 17.2 Å². The Bertz CT molecular complexity index is 997. The SMILES string of the molecule is COc1cc(C(=O)OCC(=O)c2ccc3c(c2)CC(=O)N3C)cc2c1OCCO2. The van der Waals surface area contributed by atoms with Crippen molar-refractivity contribution < 1.29 is 33.3 Å². The van der Waals surface area contributed by atoms with Crippen molar-refractivity contribution in [2.45, 2.75) is 6.42 Å². The zero-order valence-corrected chi connectivity index (χ0v) is 16.0. The van der Waals surface area contributed by atoms with Gasteiger partial charge in [0.25, 0.3) is 0 Å². The van der Waals surface area contributed by atoms with Gasteiger partial charge in [-0.3, -0.25) is 9.59 Å². The van der Waals surface area contributed by atoms with E-state index in [4.69, 9.17) is 18.9 Å². The van der Waals surface area contributed by atoms with Crippen molar-refractivity contribution in [2.75, 3.05) is 38.9 Å². The molecule has 1 amide bonds. The third-order valence-electron chi connectivity index (χ3n) is 4.88. The van der Waals surface area contributed by atoms with Crippen LogP contribution in [-0.2, 0) is 16.0 Å². The molecule has 0 atom stereocenters. The van der Waals surface area contributed by atoms with Crippen molar-refractivity contribution in [1.29, 1.82) is 0 Å². The predicted octanol–water partition coefficient (Wildman–Crippen LogP) is 2.02. The molecule has 0 unspecified atom stereocenters. The Balaban J connectivity index is 1.46. The van der Waals surface area contributed by atoms with Gasteiger partial charge in [-0.2, -0.15) is 0 Å². The second-order valence-electron chi connectivity index (χ2n) is 6.68. The molecule has 0 radical (unpaired) electrons. The minimum absolute atomic E-state index is 0.0245. The lowest BCUT2D eigenvalue weighted by Gasteiger charge is -2.21. The first-order valence-corrected chi connectivity index (χ1v) is 9.05. The van der Waals surface area contributed by atoms with Crippen LogP contribution in [0.1, 0.15) is 26.3 Å². The third-order valence-corrected chi connectivity index (χ3v) is 4.88. The van der Waals surface area contributed by atoms with E-state index in [9.17, 15) is 14.4 Å². The summed E-state index contributed by atoms with van der Waals surface area (Å²) in [5.41, 5.74) is 2.15. The average molecular weight is 397 g/mol. The van der Waals surface area contributed by atoms with E-state index in [-0.39, 0.29) is 23.7 Å². The number of rotatable bonds is 5. The van der Waals surface area contributed by atoms with Crippen LogP contribution in [0.2, 0.25) is 0 Å². The number of likely N-dealkylation sites (N-methyl/N-ethyl adjacent to an activating group) is 1. The van der Waals surface area contributed by atoms with E-state index in [1.165, 1.54) is 19.2 Å². The molecule has 150 valence electrons. The Labute approximate surface area is 166 Å². The number of ether oxygens (including phenoxy) is 4. The van der Waals surface area contributed by atoms with Crippen molar-refractivity contribution in [2.24, 2.45) is 0 Å². The fourth-order valence-corrected chi connectivity index (χ4v) is 3.33. The highest BCUT2D eigenvalue weighted by molar-refractivity contribution is 6.04. The molecule has 0 N–H and O–H groups in total. The molecule has 2 aliphatic heterocycles. The number of esters is 1. The van der Waals surface area contributed by atoms with Gasteiger partial charge >= 0.3 is 5.97 Å². The number of hydrogen-bond acceptors (Lipinski definition) is 7. The predicted molar refractivity (Wildman–Crippen MR) is 102 cm³/mol. The molecule has 2 aliphatic rings. The van der Waals surface area contributed by atoms with E-state index < -0.39 is 12.6 Å². The number of fused-ring (bicyclic) bond motifs is 2. The molecule has 0 fully saturated rings. The Hall–Kier alpha value is -3.55. The number of amides is 1. The lowest BCUT2D eigenvalue weighted by atomic mass is 10.1. The Morgan fingerprint density at radius 3 is 2.69 bits per heavy atom. The van der Waals surface area contributed by atoms with Gasteiger partial charge in [0.15, 0.2) is 23.9 Å². The smallest absolute Gasteiger partial charge is 0.338 e. The molecule has 0 bridgehead atoms. The summed E-state index contributed by atoms with van der Waals surface area (Å²) >= 11 is 0. The minimum atomic E-state index is -0.676. The molecule has 4 rings (SSSR count). The molecule has 0 aliphatic carbocycles. The molecular formula is C21H19NO7. The molecule has 2 aromatic carbocycles. The molecular weight excluding hydrogens is 378 g/mol. The standard InChI is InChI=1S/C21H19NO7/c1-22-15-4-3-12(7-13(15)10-19(22)24)16(23)11-29-21(25)14-8-17(26-2)20-18(9-14)27-5-6-28-20/h3-4,7-9H,5-6,10-11H2,1-2H3. The van der Waals surface area contributed by atoms with Crippen molar-refractivity contribution in [3.63, 3.8) is 0 Å². The van der Waals surface area contributed by atoms with Gasteiger partial charge in [-0.25, -0.2) is 4.79 Å². The monoisotopic (exact) mass is 397 g/mol. The van der Waals surface area contributed by atoms with Crippen molar-refractivity contribution in [1.82, 2.24) is 0 Å². The molecule has 29 heavy (non-hydrogen) atoms. The van der Waals surface area contributed by atoms with Gasteiger partial charge in [0.05, 0.1) is 19.1 Å². The van der Waals surface area contributed by atoms with Crippen LogP contribution in [0, 0.1) is 0 Å². The topological polar surface area (TPSA) is 91.4 Å². The number of methoxy groups -OCH3 is 1. The van der Waals surface area contributed by atoms with Gasteiger partial charge in [0, 0.05) is 18.3 Å². The molecule has 2 aromatic rings. The van der Waals surface area contributed by atoms with Crippen LogP contribution in [-0.4, -0.2) is 51.6 Å². The fraction of sp³-hybridized carbons (Fsp3) is 0.286. The quantitative estimate of drug-likeness (QED) is 0.563. The summed E-state index contributed by atoms with van der Waals surface area (Å²) in [6.45, 7) is 0.338. The largest absolute Gasteiger partial charge is 0.493 e. The summed E-state index contributed by atoms with van der Waals surface area (Å²) in [5, 5.41) is 0. The van der Waals surface area contributed by atoms with Crippen molar-refractivity contribution >= 4 is 23.3 Å². The highest BCUT2D eigenvalue weighted by Crippen LogP contribution is 2.40. The molecule has 8 heteroatoms. The maximum absolute atomic E-state index is 12.5. The molecule has 0 spiro atoms. The Morgan fingerprint density at radius 2 is 1.90 bits per heavy atom. The van der Waals surface area contributed by atoms with E-state index >= 15 is 0 Å². The van der Waals surface area contributed by atoms with E-state index in [1.54, 1.807) is 30.1 Å². The summed E-state index contributed by atoms with van der Waals surface area (Å²) in [4.78, 5) is 38.2. The second-order valence-corrected chi connectivity index (χ2v) is 6.68. The van der Waals surface area contributed by atoms with E-state index in [0.29, 0.717) is 36.0 Å². The van der Waals surface area contributed by atoms with Crippen LogP contribution < -0.4 is 19.1 Å². The molecule has 0 aromatic heterocycles. The number of nitrogens with zero attached hydrogens (tertiary/aromatic N) is 1. The minimum Gasteiger partial charge on any atom is -0.493 e. The lowest BCUT2D eigenvalue weighted by Crippen LogP contribution is -2.20. The summed E-state index contributed by atoms with van der Waals surface area (Å²) in [6, 6.07) is 8.00. The number of benzene rings is 2. The molecule has 0 saturated carbocycles. The normalized spacial score (nSPS) is 14.4. The van der Waals surface area contributed by atoms with Crippen LogP contribution in [0.5, 0.6) is 17.2 Å². The van der Waals surface area contributed by atoms with Crippen molar-refractivity contribution in [3.05, 3.63) is 47.0 Å². The van der Waals surface area contributed by atoms with Gasteiger partial charge in [0.1, 0.15) is 13.2 Å². The van der Waals surface area contributed by atoms with Crippen LogP contribution in [0.4, 0.5) is 5.69 Å². The molecule has 8 nitrogen and oxygen atoms in total. The zero-order valence-electron chi connectivity index (χ0n) is 16.0. The highest BCUT2D eigenvalue weighted by atomic mass is 16.6. The summed E-state index contributed by atoms with van der Waals surface area (Å²) < 4.78 is 21.4. The van der Waals surface area contributed by atoms with E-state index in [2.05, 4.69) is 0 Å². The number of carbonyl (C=O) groups is 3. The first kappa shape index (κ1) is 18.8. The first-order valence-electron chi connectivity index (χ1n) is 9.05. The van der Waals surface area contributed by atoms with Crippen LogP contribution in [0.25, 0.3) is 0 Å². The second kappa shape index (κ2) is 7.46. The fourth-order valence-electron chi connectivity index (χ4n) is 3.33. The number of anilines is 1. The Kier molecular flexibility index (Phi) is 4.84. The Morgan fingerprint density at radius 1 is 1.10 bits per heavy atom. The zero-order chi connectivity index (χ0) is 20.5. The summed E-state index contributed by atoms with van der Waals surface area (Å²) in [6.07, 6.45) is 0.254. The van der Waals surface area contributed by atoms with Gasteiger partial charge in [-0.05, 0) is 35.9 Å². The molecule has 0 saturated heterocycles. The maximum Gasteiger partial charge on any atom is 0.338 e. The summed E-state index contributed by atoms with van der Waals surface area (Å²) in [5.74, 6) is 0.124. The van der Waals surface area contributed by atoms with Gasteiger partial charge in [-0.1, -0.05) is 0 Å². The van der Waals surface area contributed by atoms with Gasteiger partial charge < -0.3 is 23.8 Å². The van der Waals surface area contributed by atoms with Crippen LogP contribution in [0.3, 0.4) is 0 Å². The van der Waals surface area contributed by atoms with E-state index in [1.807, 2.05) is 0 Å². The van der Waals surface area contributed by atoms with Gasteiger partial charge in [-0.15, -0.1) is 0 Å². The summed E-state index contributed by atoms with van der Waals surface area (Å²) in [7, 11) is 3.15. The number of Topliss-reactive ketones (excluding diaryl/α,β-unsaturated/α-hetero) is 1. The number of ketones is 1. The maximum atomic E-state index is 12.5. The third kappa shape index (κ3) is 3.49. The lowest BCUT2D eigenvalue weighted by molar-refractivity contribution is -0.117. The van der Waals surface area contributed by atoms with E-state index in [0.717, 1.165) is 11.3 Å². The molecule has 2 heterocycles. The first-order chi connectivity index (χ1) is 14.0.